The summed E-state index contributed by atoms with van der Waals surface area (Å²) in [5.74, 6) is 0. The van der Waals surface area contributed by atoms with Crippen molar-refractivity contribution in [3.8, 4) is 0 Å². The largest absolute Gasteiger partial charge is 0.330 e. The number of aryl methyl sites for hydroxylation is 1. The van der Waals surface area contributed by atoms with Crippen molar-refractivity contribution >= 4 is 0 Å². The molecule has 1 heteroatoms. The Morgan fingerprint density at radius 1 is 1.20 bits per heavy atom. The van der Waals surface area contributed by atoms with Gasteiger partial charge in [0.1, 0.15) is 0 Å². The van der Waals surface area contributed by atoms with Crippen LogP contribution in [0.4, 0.5) is 0 Å². The first-order chi connectivity index (χ1) is 7.12. The normalized spacial score (nSPS) is 14.9. The van der Waals surface area contributed by atoms with Crippen LogP contribution < -0.4 is 5.73 Å². The number of hydrogen-bond acceptors (Lipinski definition) is 1. The molecule has 0 aromatic heterocycles. The van der Waals surface area contributed by atoms with Crippen LogP contribution in [-0.4, -0.2) is 6.54 Å². The molecule has 0 heterocycles. The van der Waals surface area contributed by atoms with Gasteiger partial charge in [0.15, 0.2) is 0 Å². The molecular weight excluding hydrogens is 182 g/mol. The van der Waals surface area contributed by atoms with Gasteiger partial charge in [-0.2, -0.15) is 0 Å². The topological polar surface area (TPSA) is 26.0 Å². The molecule has 0 aliphatic carbocycles. The second kappa shape index (κ2) is 5.32. The van der Waals surface area contributed by atoms with Gasteiger partial charge in [-0.25, -0.2) is 0 Å². The zero-order valence-electron chi connectivity index (χ0n) is 10.2. The molecule has 0 radical (unpaired) electrons. The molecule has 1 rings (SSSR count). The summed E-state index contributed by atoms with van der Waals surface area (Å²) in [6.45, 7) is 7.53. The lowest BCUT2D eigenvalue weighted by Crippen LogP contribution is -2.22. The molecule has 15 heavy (non-hydrogen) atoms. The molecule has 84 valence electrons. The lowest BCUT2D eigenvalue weighted by Gasteiger charge is -2.29. The van der Waals surface area contributed by atoms with Gasteiger partial charge < -0.3 is 5.73 Å². The van der Waals surface area contributed by atoms with Crippen molar-refractivity contribution in [2.75, 3.05) is 6.54 Å². The van der Waals surface area contributed by atoms with Gasteiger partial charge in [0, 0.05) is 0 Å². The van der Waals surface area contributed by atoms with Gasteiger partial charge in [-0.15, -0.1) is 0 Å². The SMILES string of the molecule is CCC(C)(CCCN)c1ccc(C)cc1. The first-order valence-corrected chi connectivity index (χ1v) is 5.89. The van der Waals surface area contributed by atoms with Crippen LogP contribution in [0.1, 0.15) is 44.2 Å². The fourth-order valence-corrected chi connectivity index (χ4v) is 1.97. The van der Waals surface area contributed by atoms with Crippen LogP contribution in [0.3, 0.4) is 0 Å². The Bertz CT molecular complexity index is 289. The van der Waals surface area contributed by atoms with Crippen LogP contribution in [0.25, 0.3) is 0 Å². The van der Waals surface area contributed by atoms with E-state index in [1.165, 1.54) is 24.0 Å². The van der Waals surface area contributed by atoms with Crippen molar-refractivity contribution < 1.29 is 0 Å². The molecule has 0 spiro atoms. The molecule has 0 bridgehead atoms. The van der Waals surface area contributed by atoms with Crippen molar-refractivity contribution in [2.24, 2.45) is 5.73 Å². The maximum absolute atomic E-state index is 5.59. The van der Waals surface area contributed by atoms with E-state index in [-0.39, 0.29) is 0 Å². The van der Waals surface area contributed by atoms with E-state index in [1.54, 1.807) is 0 Å². The standard InChI is InChI=1S/C14H23N/c1-4-14(3,10-5-11-15)13-8-6-12(2)7-9-13/h6-9H,4-5,10-11,15H2,1-3H3. The van der Waals surface area contributed by atoms with Crippen LogP contribution in [0.2, 0.25) is 0 Å². The number of benzene rings is 1. The molecule has 1 aromatic rings. The third-order valence-corrected chi connectivity index (χ3v) is 3.46. The van der Waals surface area contributed by atoms with Gasteiger partial charge in [0.2, 0.25) is 0 Å². The van der Waals surface area contributed by atoms with E-state index in [1.807, 2.05) is 0 Å². The highest BCUT2D eigenvalue weighted by Crippen LogP contribution is 2.32. The van der Waals surface area contributed by atoms with Crippen molar-refractivity contribution in [1.82, 2.24) is 0 Å². The smallest absolute Gasteiger partial charge is 0.00770 e. The van der Waals surface area contributed by atoms with Crippen LogP contribution >= 0.6 is 0 Å². The third kappa shape index (κ3) is 3.07. The molecule has 0 aliphatic rings. The Morgan fingerprint density at radius 3 is 2.27 bits per heavy atom. The van der Waals surface area contributed by atoms with E-state index in [9.17, 15) is 0 Å². The van der Waals surface area contributed by atoms with Crippen molar-refractivity contribution in [3.05, 3.63) is 35.4 Å². The Morgan fingerprint density at radius 2 is 1.80 bits per heavy atom. The Kier molecular flexibility index (Phi) is 4.34. The first kappa shape index (κ1) is 12.3. The van der Waals surface area contributed by atoms with E-state index < -0.39 is 0 Å². The Hall–Kier alpha value is -0.820. The summed E-state index contributed by atoms with van der Waals surface area (Å²) in [5, 5.41) is 0. The minimum absolute atomic E-state index is 0.299. The molecule has 0 aliphatic heterocycles. The fraction of sp³-hybridized carbons (Fsp3) is 0.571. The summed E-state index contributed by atoms with van der Waals surface area (Å²) >= 11 is 0. The Labute approximate surface area is 93.7 Å². The maximum Gasteiger partial charge on any atom is -0.00770 e. The van der Waals surface area contributed by atoms with E-state index in [0.29, 0.717) is 5.41 Å². The second-order valence-electron chi connectivity index (χ2n) is 4.67. The molecule has 1 unspecified atom stereocenters. The highest BCUT2D eigenvalue weighted by Gasteiger charge is 2.23. The minimum atomic E-state index is 0.299. The fourth-order valence-electron chi connectivity index (χ4n) is 1.97. The van der Waals surface area contributed by atoms with Crippen LogP contribution in [-0.2, 0) is 5.41 Å². The summed E-state index contributed by atoms with van der Waals surface area (Å²) in [5.41, 5.74) is 8.67. The summed E-state index contributed by atoms with van der Waals surface area (Å²) in [4.78, 5) is 0. The first-order valence-electron chi connectivity index (χ1n) is 5.89. The van der Waals surface area contributed by atoms with Gasteiger partial charge in [-0.1, -0.05) is 43.7 Å². The molecule has 0 saturated carbocycles. The Balaban J connectivity index is 2.85. The number of rotatable bonds is 5. The molecule has 0 saturated heterocycles. The van der Waals surface area contributed by atoms with E-state index in [4.69, 9.17) is 5.73 Å². The van der Waals surface area contributed by atoms with E-state index in [2.05, 4.69) is 45.0 Å². The summed E-state index contributed by atoms with van der Waals surface area (Å²) in [6.07, 6.45) is 3.47. The van der Waals surface area contributed by atoms with Crippen molar-refractivity contribution in [2.45, 2.75) is 45.4 Å². The lowest BCUT2D eigenvalue weighted by atomic mass is 9.76. The predicted molar refractivity (Wildman–Crippen MR) is 67.1 cm³/mol. The summed E-state index contributed by atoms with van der Waals surface area (Å²) in [7, 11) is 0. The summed E-state index contributed by atoms with van der Waals surface area (Å²) in [6, 6.07) is 8.92. The van der Waals surface area contributed by atoms with E-state index in [0.717, 1.165) is 13.0 Å². The summed E-state index contributed by atoms with van der Waals surface area (Å²) < 4.78 is 0. The third-order valence-electron chi connectivity index (χ3n) is 3.46. The van der Waals surface area contributed by atoms with Crippen molar-refractivity contribution in [1.29, 1.82) is 0 Å². The maximum atomic E-state index is 5.59. The molecule has 0 fully saturated rings. The van der Waals surface area contributed by atoms with Gasteiger partial charge in [-0.3, -0.25) is 0 Å². The second-order valence-corrected chi connectivity index (χ2v) is 4.67. The predicted octanol–water partition coefficient (Wildman–Crippen LogP) is 3.40. The number of nitrogens with two attached hydrogens (primary N) is 1. The molecular formula is C14H23N. The average molecular weight is 205 g/mol. The van der Waals surface area contributed by atoms with Crippen molar-refractivity contribution in [3.63, 3.8) is 0 Å². The zero-order valence-corrected chi connectivity index (χ0v) is 10.2. The van der Waals surface area contributed by atoms with E-state index >= 15 is 0 Å². The quantitative estimate of drug-likeness (QED) is 0.783. The average Bonchev–Trinajstić information content (AvgIpc) is 2.27. The zero-order chi connectivity index (χ0) is 11.3. The lowest BCUT2D eigenvalue weighted by molar-refractivity contribution is 0.408. The van der Waals surface area contributed by atoms with Gasteiger partial charge >= 0.3 is 0 Å². The highest BCUT2D eigenvalue weighted by molar-refractivity contribution is 5.27. The van der Waals surface area contributed by atoms with Gasteiger partial charge in [0.25, 0.3) is 0 Å². The molecule has 0 amide bonds. The highest BCUT2D eigenvalue weighted by atomic mass is 14.5. The molecule has 1 atom stereocenters. The molecule has 2 N–H and O–H groups in total. The number of hydrogen-bond donors (Lipinski definition) is 1. The minimum Gasteiger partial charge on any atom is -0.330 e. The van der Waals surface area contributed by atoms with Crippen LogP contribution in [0.5, 0.6) is 0 Å². The molecule has 1 aromatic carbocycles. The van der Waals surface area contributed by atoms with Crippen LogP contribution in [0, 0.1) is 6.92 Å². The monoisotopic (exact) mass is 205 g/mol. The van der Waals surface area contributed by atoms with Crippen LogP contribution in [0.15, 0.2) is 24.3 Å². The van der Waals surface area contributed by atoms with Gasteiger partial charge in [-0.05, 0) is 43.7 Å². The van der Waals surface area contributed by atoms with Gasteiger partial charge in [0.05, 0.1) is 0 Å². The molecule has 1 nitrogen and oxygen atoms in total.